The third kappa shape index (κ3) is 4.65. The molecule has 0 spiro atoms. The van der Waals surface area contributed by atoms with Crippen LogP contribution in [0.3, 0.4) is 0 Å². The number of pyridine rings is 1. The number of amides is 1. The van der Waals surface area contributed by atoms with Crippen LogP contribution in [0.2, 0.25) is 0 Å². The normalized spacial score (nSPS) is 13.2. The fourth-order valence-electron chi connectivity index (χ4n) is 5.70. The largest absolute Gasteiger partial charge is 0.467 e. The number of hydrogen-bond donors (Lipinski definition) is 1. The van der Waals surface area contributed by atoms with Crippen LogP contribution in [0.5, 0.6) is 0 Å². The van der Waals surface area contributed by atoms with Gasteiger partial charge in [-0.1, -0.05) is 18.2 Å². The molecule has 0 aliphatic heterocycles. The highest BCUT2D eigenvalue weighted by Crippen LogP contribution is 2.37. The molecule has 0 bridgehead atoms. The molecule has 1 heterocycles. The van der Waals surface area contributed by atoms with Crippen molar-refractivity contribution < 1.29 is 27.5 Å². The van der Waals surface area contributed by atoms with Crippen molar-refractivity contribution in [2.45, 2.75) is 38.6 Å². The molecule has 0 fully saturated rings. The number of aromatic nitrogens is 1. The fourth-order valence-corrected chi connectivity index (χ4v) is 5.70. The summed E-state index contributed by atoms with van der Waals surface area (Å²) in [5.41, 5.74) is 4.19. The lowest BCUT2D eigenvalue weighted by atomic mass is 9.89. The predicted octanol–water partition coefficient (Wildman–Crippen LogP) is 4.93. The molecule has 0 unspecified atom stereocenters. The van der Waals surface area contributed by atoms with Gasteiger partial charge in [0.05, 0.1) is 18.2 Å². The third-order valence-corrected chi connectivity index (χ3v) is 7.67. The zero-order chi connectivity index (χ0) is 28.7. The molecular weight excluding hydrogens is 521 g/mol. The Bertz CT molecular complexity index is 1730. The van der Waals surface area contributed by atoms with E-state index < -0.39 is 40.9 Å². The summed E-state index contributed by atoms with van der Waals surface area (Å²) < 4.78 is 48.9. The van der Waals surface area contributed by atoms with E-state index >= 15 is 0 Å². The smallest absolute Gasteiger partial charge is 0.328 e. The molecule has 1 amide bonds. The van der Waals surface area contributed by atoms with Crippen LogP contribution in [0.25, 0.3) is 22.0 Å². The molecule has 0 radical (unpaired) electrons. The molecule has 4 aromatic rings. The average molecular weight is 549 g/mol. The number of ether oxygens (including phenoxy) is 1. The first-order chi connectivity index (χ1) is 19.1. The molecule has 206 valence electrons. The standard InChI is InChI=1S/C31H27F3N2O4/c1-16-22-15-18(32)11-13-26(22)36(2)30(38)27(16)21-12-10-17(19-6-4-7-20(19)21)14-25(31(39)40-3)35-29(37)28-23(33)8-5-9-24(28)34/h5,8-13,15,25H,4,6-7,14H2,1-3H3,(H,35,37)/t25-/m0/s1. The van der Waals surface area contributed by atoms with Gasteiger partial charge in [-0.15, -0.1) is 0 Å². The topological polar surface area (TPSA) is 77.4 Å². The number of nitrogens with one attached hydrogen (secondary N) is 1. The monoisotopic (exact) mass is 548 g/mol. The number of carbonyl (C=O) groups excluding carboxylic acids is 2. The van der Waals surface area contributed by atoms with Crippen LogP contribution in [0.1, 0.15) is 39.0 Å². The maximum absolute atomic E-state index is 14.2. The van der Waals surface area contributed by atoms with Gasteiger partial charge in [0.1, 0.15) is 29.1 Å². The summed E-state index contributed by atoms with van der Waals surface area (Å²) in [6.45, 7) is 1.80. The highest BCUT2D eigenvalue weighted by atomic mass is 19.1. The van der Waals surface area contributed by atoms with Gasteiger partial charge in [0.2, 0.25) is 0 Å². The van der Waals surface area contributed by atoms with Crippen molar-refractivity contribution in [1.82, 2.24) is 9.88 Å². The van der Waals surface area contributed by atoms with Crippen molar-refractivity contribution in [2.24, 2.45) is 7.05 Å². The second kappa shape index (κ2) is 10.6. The summed E-state index contributed by atoms with van der Waals surface area (Å²) in [4.78, 5) is 38.9. The lowest BCUT2D eigenvalue weighted by Gasteiger charge is -2.21. The Hall–Kier alpha value is -4.40. The van der Waals surface area contributed by atoms with Gasteiger partial charge in [0, 0.05) is 18.9 Å². The van der Waals surface area contributed by atoms with E-state index in [4.69, 9.17) is 4.74 Å². The highest BCUT2D eigenvalue weighted by Gasteiger charge is 2.29. The minimum absolute atomic E-state index is 0.0248. The Labute approximate surface area is 228 Å². The first-order valence-electron chi connectivity index (χ1n) is 12.9. The third-order valence-electron chi connectivity index (χ3n) is 7.67. The average Bonchev–Trinajstić information content (AvgIpc) is 3.42. The number of hydrogen-bond acceptors (Lipinski definition) is 4. The molecule has 40 heavy (non-hydrogen) atoms. The van der Waals surface area contributed by atoms with Crippen molar-refractivity contribution in [1.29, 1.82) is 0 Å². The Morgan fingerprint density at radius 2 is 1.73 bits per heavy atom. The summed E-state index contributed by atoms with van der Waals surface area (Å²) in [6, 6.07) is 9.80. The quantitative estimate of drug-likeness (QED) is 0.347. The van der Waals surface area contributed by atoms with E-state index in [1.165, 1.54) is 23.8 Å². The van der Waals surface area contributed by atoms with E-state index in [9.17, 15) is 27.6 Å². The van der Waals surface area contributed by atoms with Crippen LogP contribution in [0, 0.1) is 24.4 Å². The minimum Gasteiger partial charge on any atom is -0.467 e. The predicted molar refractivity (Wildman–Crippen MR) is 145 cm³/mol. The summed E-state index contributed by atoms with van der Waals surface area (Å²) in [6.07, 6.45) is 2.22. The number of nitrogens with zero attached hydrogens (tertiary/aromatic N) is 1. The van der Waals surface area contributed by atoms with E-state index in [0.29, 0.717) is 34.9 Å². The van der Waals surface area contributed by atoms with Gasteiger partial charge < -0.3 is 14.6 Å². The van der Waals surface area contributed by atoms with E-state index in [-0.39, 0.29) is 12.0 Å². The number of methoxy groups -OCH3 is 1. The molecule has 3 aromatic carbocycles. The van der Waals surface area contributed by atoms with E-state index in [1.807, 2.05) is 0 Å². The van der Waals surface area contributed by atoms with Crippen molar-refractivity contribution >= 4 is 22.8 Å². The molecule has 6 nitrogen and oxygen atoms in total. The molecule has 1 atom stereocenters. The number of halogens is 3. The van der Waals surface area contributed by atoms with Gasteiger partial charge in [0.15, 0.2) is 0 Å². The Morgan fingerprint density at radius 3 is 2.42 bits per heavy atom. The summed E-state index contributed by atoms with van der Waals surface area (Å²) in [5.74, 6) is -4.31. The SMILES string of the molecule is COC(=O)[C@H](Cc1ccc(-c2c(C)c3cc(F)ccc3n(C)c2=O)c2c1CCC2)NC(=O)c1c(F)cccc1F. The van der Waals surface area contributed by atoms with E-state index in [0.717, 1.165) is 46.9 Å². The number of benzene rings is 3. The number of aryl methyl sites for hydroxylation is 2. The number of rotatable bonds is 6. The molecule has 1 aromatic heterocycles. The van der Waals surface area contributed by atoms with Crippen LogP contribution in [-0.4, -0.2) is 29.6 Å². The second-order valence-electron chi connectivity index (χ2n) is 9.96. The van der Waals surface area contributed by atoms with Crippen LogP contribution in [0.15, 0.2) is 53.3 Å². The maximum atomic E-state index is 14.2. The van der Waals surface area contributed by atoms with Crippen molar-refractivity contribution in [3.8, 4) is 11.1 Å². The van der Waals surface area contributed by atoms with Crippen molar-refractivity contribution in [3.63, 3.8) is 0 Å². The highest BCUT2D eigenvalue weighted by molar-refractivity contribution is 5.97. The fraction of sp³-hybridized carbons (Fsp3) is 0.258. The first kappa shape index (κ1) is 27.2. The van der Waals surface area contributed by atoms with Gasteiger partial charge in [-0.2, -0.15) is 0 Å². The number of esters is 1. The lowest BCUT2D eigenvalue weighted by molar-refractivity contribution is -0.142. The lowest BCUT2D eigenvalue weighted by Crippen LogP contribution is -2.43. The Morgan fingerprint density at radius 1 is 1.02 bits per heavy atom. The molecular formula is C31H27F3N2O4. The minimum atomic E-state index is -1.20. The first-order valence-corrected chi connectivity index (χ1v) is 12.9. The zero-order valence-electron chi connectivity index (χ0n) is 22.2. The number of fused-ring (bicyclic) bond motifs is 2. The summed E-state index contributed by atoms with van der Waals surface area (Å²) >= 11 is 0. The van der Waals surface area contributed by atoms with Gasteiger partial charge in [0.25, 0.3) is 11.5 Å². The number of carbonyl (C=O) groups is 2. The summed E-state index contributed by atoms with van der Waals surface area (Å²) in [5, 5.41) is 3.06. The van der Waals surface area contributed by atoms with Crippen LogP contribution in [-0.2, 0) is 35.8 Å². The van der Waals surface area contributed by atoms with Gasteiger partial charge in [-0.3, -0.25) is 9.59 Å². The van der Waals surface area contributed by atoms with Crippen molar-refractivity contribution in [2.75, 3.05) is 7.11 Å². The van der Waals surface area contributed by atoms with Gasteiger partial charge in [-0.05, 0) is 84.3 Å². The zero-order valence-corrected chi connectivity index (χ0v) is 22.2. The molecule has 1 aliphatic carbocycles. The van der Waals surface area contributed by atoms with E-state index in [2.05, 4.69) is 5.32 Å². The molecule has 0 saturated heterocycles. The Kier molecular flexibility index (Phi) is 7.23. The van der Waals surface area contributed by atoms with Crippen LogP contribution >= 0.6 is 0 Å². The van der Waals surface area contributed by atoms with E-state index in [1.54, 1.807) is 32.2 Å². The maximum Gasteiger partial charge on any atom is 0.328 e. The van der Waals surface area contributed by atoms with Crippen molar-refractivity contribution in [3.05, 3.63) is 104 Å². The summed E-state index contributed by atoms with van der Waals surface area (Å²) in [7, 11) is 2.82. The van der Waals surface area contributed by atoms with Gasteiger partial charge >= 0.3 is 5.97 Å². The molecule has 5 rings (SSSR count). The molecule has 9 heteroatoms. The molecule has 1 aliphatic rings. The second-order valence-corrected chi connectivity index (χ2v) is 9.96. The molecule has 1 N–H and O–H groups in total. The van der Waals surface area contributed by atoms with Gasteiger partial charge in [-0.25, -0.2) is 18.0 Å². The molecule has 0 saturated carbocycles. The van der Waals surface area contributed by atoms with Crippen LogP contribution < -0.4 is 10.9 Å². The Balaban J connectivity index is 1.55. The van der Waals surface area contributed by atoms with Crippen LogP contribution in [0.4, 0.5) is 13.2 Å².